The Labute approximate surface area is 157 Å². The van der Waals surface area contributed by atoms with Gasteiger partial charge in [0.1, 0.15) is 11.6 Å². The van der Waals surface area contributed by atoms with Crippen LogP contribution in [-0.4, -0.2) is 16.5 Å². The fraction of sp³-hybridized carbons (Fsp3) is 0.300. The van der Waals surface area contributed by atoms with E-state index >= 15 is 0 Å². The van der Waals surface area contributed by atoms with Crippen LogP contribution in [0.5, 0.6) is 0 Å². The first-order chi connectivity index (χ1) is 11.9. The van der Waals surface area contributed by atoms with E-state index < -0.39 is 0 Å². The minimum atomic E-state index is -0.328. The Morgan fingerprint density at radius 1 is 1.36 bits per heavy atom. The lowest BCUT2D eigenvalue weighted by Crippen LogP contribution is -2.32. The lowest BCUT2D eigenvalue weighted by Gasteiger charge is -2.11. The number of nitrogens with zero attached hydrogens (tertiary/aromatic N) is 2. The summed E-state index contributed by atoms with van der Waals surface area (Å²) in [7, 11) is 0. The molecule has 5 heteroatoms. The maximum atomic E-state index is 12.2. The van der Waals surface area contributed by atoms with Crippen LogP contribution in [0.25, 0.3) is 11.8 Å². The number of hydrogen-bond donors (Lipinski definition) is 1. The van der Waals surface area contributed by atoms with Crippen molar-refractivity contribution in [1.29, 1.82) is 5.26 Å². The summed E-state index contributed by atoms with van der Waals surface area (Å²) in [6.45, 7) is 7.92. The van der Waals surface area contributed by atoms with Crippen molar-refractivity contribution in [3.05, 3.63) is 57.3 Å². The molecule has 0 unspecified atom stereocenters. The second-order valence-electron chi connectivity index (χ2n) is 6.09. The van der Waals surface area contributed by atoms with Gasteiger partial charge in [-0.2, -0.15) is 5.26 Å². The molecule has 0 aliphatic heterocycles. The normalized spacial score (nSPS) is 12.6. The number of aryl methyl sites for hydroxylation is 1. The molecule has 25 heavy (non-hydrogen) atoms. The van der Waals surface area contributed by atoms with Crippen LogP contribution in [-0.2, 0) is 4.79 Å². The second kappa shape index (κ2) is 8.17. The van der Waals surface area contributed by atoms with Gasteiger partial charge in [-0.3, -0.25) is 4.79 Å². The summed E-state index contributed by atoms with van der Waals surface area (Å²) >= 11 is 3.44. The number of nitriles is 1. The summed E-state index contributed by atoms with van der Waals surface area (Å²) in [4.78, 5) is 12.2. The van der Waals surface area contributed by atoms with Crippen molar-refractivity contribution in [3.8, 4) is 11.8 Å². The molecule has 1 atom stereocenters. The van der Waals surface area contributed by atoms with E-state index in [0.717, 1.165) is 33.5 Å². The fourth-order valence-electron chi connectivity index (χ4n) is 2.63. The highest BCUT2D eigenvalue weighted by Crippen LogP contribution is 2.24. The molecule has 0 aliphatic carbocycles. The zero-order valence-corrected chi connectivity index (χ0v) is 16.5. The quantitative estimate of drug-likeness (QED) is 0.585. The van der Waals surface area contributed by atoms with E-state index in [1.807, 2.05) is 64.1 Å². The Morgan fingerprint density at radius 3 is 2.56 bits per heavy atom. The summed E-state index contributed by atoms with van der Waals surface area (Å²) in [5.41, 5.74) is 4.07. The molecule has 0 fully saturated rings. The second-order valence-corrected chi connectivity index (χ2v) is 7.01. The van der Waals surface area contributed by atoms with E-state index in [-0.39, 0.29) is 17.5 Å². The number of benzene rings is 1. The molecule has 4 nitrogen and oxygen atoms in total. The third-order valence-corrected chi connectivity index (χ3v) is 4.74. The van der Waals surface area contributed by atoms with E-state index in [9.17, 15) is 10.1 Å². The van der Waals surface area contributed by atoms with Crippen LogP contribution in [0.15, 0.2) is 40.4 Å². The molecular formula is C20H22BrN3O. The topological polar surface area (TPSA) is 57.8 Å². The standard InChI is InChI=1S/C20H22BrN3O/c1-5-13(2)23-20(25)17(12-22)11-16-10-14(3)24(15(16)4)19-8-6-18(21)7-9-19/h6-11,13H,5H2,1-4H3,(H,23,25)/b17-11+/t13-/m1/s1. The smallest absolute Gasteiger partial charge is 0.262 e. The average Bonchev–Trinajstić information content (AvgIpc) is 2.87. The number of hydrogen-bond acceptors (Lipinski definition) is 2. The third kappa shape index (κ3) is 4.40. The highest BCUT2D eigenvalue weighted by molar-refractivity contribution is 9.10. The van der Waals surface area contributed by atoms with Gasteiger partial charge in [-0.05, 0) is 69.2 Å². The van der Waals surface area contributed by atoms with Crippen molar-refractivity contribution in [3.63, 3.8) is 0 Å². The minimum absolute atomic E-state index is 0.0412. The maximum Gasteiger partial charge on any atom is 0.262 e. The SMILES string of the molecule is CC[C@@H](C)NC(=O)/C(C#N)=C/c1cc(C)n(-c2ccc(Br)cc2)c1C. The van der Waals surface area contributed by atoms with Crippen molar-refractivity contribution in [1.82, 2.24) is 9.88 Å². The van der Waals surface area contributed by atoms with Gasteiger partial charge in [-0.15, -0.1) is 0 Å². The highest BCUT2D eigenvalue weighted by atomic mass is 79.9. The third-order valence-electron chi connectivity index (χ3n) is 4.21. The average molecular weight is 400 g/mol. The van der Waals surface area contributed by atoms with Crippen LogP contribution in [0.1, 0.15) is 37.2 Å². The first-order valence-electron chi connectivity index (χ1n) is 8.24. The van der Waals surface area contributed by atoms with Gasteiger partial charge in [-0.1, -0.05) is 22.9 Å². The van der Waals surface area contributed by atoms with Gasteiger partial charge < -0.3 is 9.88 Å². The van der Waals surface area contributed by atoms with Crippen LogP contribution < -0.4 is 5.32 Å². The van der Waals surface area contributed by atoms with Gasteiger partial charge in [0.15, 0.2) is 0 Å². The molecule has 130 valence electrons. The molecule has 1 aromatic heterocycles. The molecule has 0 aliphatic rings. The van der Waals surface area contributed by atoms with E-state index in [1.54, 1.807) is 6.08 Å². The van der Waals surface area contributed by atoms with Crippen molar-refractivity contribution in [2.24, 2.45) is 0 Å². The molecule has 2 rings (SSSR count). The van der Waals surface area contributed by atoms with Crippen LogP contribution in [0, 0.1) is 25.2 Å². The maximum absolute atomic E-state index is 12.2. The van der Waals surface area contributed by atoms with Crippen LogP contribution in [0.4, 0.5) is 0 Å². The van der Waals surface area contributed by atoms with Crippen molar-refractivity contribution in [2.75, 3.05) is 0 Å². The van der Waals surface area contributed by atoms with Gasteiger partial charge in [0.25, 0.3) is 5.91 Å². The summed E-state index contributed by atoms with van der Waals surface area (Å²) < 4.78 is 3.13. The molecule has 0 spiro atoms. The molecule has 1 amide bonds. The highest BCUT2D eigenvalue weighted by Gasteiger charge is 2.14. The molecule has 0 bridgehead atoms. The molecule has 1 heterocycles. The fourth-order valence-corrected chi connectivity index (χ4v) is 2.89. The zero-order valence-electron chi connectivity index (χ0n) is 14.9. The van der Waals surface area contributed by atoms with Crippen LogP contribution in [0.3, 0.4) is 0 Å². The molecule has 0 radical (unpaired) electrons. The predicted molar refractivity (Wildman–Crippen MR) is 104 cm³/mol. The van der Waals surface area contributed by atoms with Gasteiger partial charge in [-0.25, -0.2) is 0 Å². The Balaban J connectivity index is 2.40. The summed E-state index contributed by atoms with van der Waals surface area (Å²) in [6, 6.07) is 12.1. The Kier molecular flexibility index (Phi) is 6.22. The largest absolute Gasteiger partial charge is 0.349 e. The van der Waals surface area contributed by atoms with Crippen LogP contribution >= 0.6 is 15.9 Å². The number of aromatic nitrogens is 1. The Hall–Kier alpha value is -2.32. The Bertz CT molecular complexity index is 841. The summed E-state index contributed by atoms with van der Waals surface area (Å²) in [6.07, 6.45) is 2.48. The molecule has 0 saturated heterocycles. The summed E-state index contributed by atoms with van der Waals surface area (Å²) in [5, 5.41) is 12.2. The molecule has 1 aromatic carbocycles. The molecule has 0 saturated carbocycles. The van der Waals surface area contributed by atoms with Crippen molar-refractivity contribution >= 4 is 27.9 Å². The molecule has 1 N–H and O–H groups in total. The van der Waals surface area contributed by atoms with E-state index in [2.05, 4.69) is 25.8 Å². The number of carbonyl (C=O) groups is 1. The first-order valence-corrected chi connectivity index (χ1v) is 9.04. The van der Waals surface area contributed by atoms with Crippen molar-refractivity contribution < 1.29 is 4.79 Å². The van der Waals surface area contributed by atoms with Gasteiger partial charge in [0, 0.05) is 27.6 Å². The minimum Gasteiger partial charge on any atom is -0.349 e. The van der Waals surface area contributed by atoms with Gasteiger partial charge >= 0.3 is 0 Å². The molecule has 2 aromatic rings. The predicted octanol–water partition coefficient (Wildman–Crippen LogP) is 4.68. The molecular weight excluding hydrogens is 378 g/mol. The Morgan fingerprint density at radius 2 is 2.00 bits per heavy atom. The lowest BCUT2D eigenvalue weighted by molar-refractivity contribution is -0.117. The zero-order chi connectivity index (χ0) is 18.6. The van der Waals surface area contributed by atoms with Crippen molar-refractivity contribution in [2.45, 2.75) is 40.2 Å². The number of rotatable bonds is 5. The van der Waals surface area contributed by atoms with E-state index in [4.69, 9.17) is 0 Å². The van der Waals surface area contributed by atoms with Crippen LogP contribution in [0.2, 0.25) is 0 Å². The summed E-state index contributed by atoms with van der Waals surface area (Å²) in [5.74, 6) is -0.328. The lowest BCUT2D eigenvalue weighted by atomic mass is 10.1. The number of nitrogens with one attached hydrogen (secondary N) is 1. The van der Waals surface area contributed by atoms with E-state index in [0.29, 0.717) is 0 Å². The monoisotopic (exact) mass is 399 g/mol. The number of amides is 1. The first kappa shape index (κ1) is 19.0. The van der Waals surface area contributed by atoms with E-state index in [1.165, 1.54) is 0 Å². The van der Waals surface area contributed by atoms with Gasteiger partial charge in [0.05, 0.1) is 0 Å². The number of carbonyl (C=O) groups excluding carboxylic acids is 1. The van der Waals surface area contributed by atoms with Gasteiger partial charge in [0.2, 0.25) is 0 Å². The number of halogens is 1.